The molecule has 0 saturated carbocycles. The van der Waals surface area contributed by atoms with Crippen molar-refractivity contribution in [3.8, 4) is 0 Å². The number of halogens is 1. The Balaban J connectivity index is 1.79. The van der Waals surface area contributed by atoms with E-state index in [9.17, 15) is 13.2 Å². The molecule has 150 valence electrons. The number of hydrogen-bond acceptors (Lipinski definition) is 3. The maximum atomic E-state index is 12.9. The lowest BCUT2D eigenvalue weighted by atomic mass is 10.0. The molecule has 0 fully saturated rings. The minimum atomic E-state index is -3.67. The first-order valence-corrected chi connectivity index (χ1v) is 11.6. The maximum absolute atomic E-state index is 12.9. The van der Waals surface area contributed by atoms with E-state index >= 15 is 0 Å². The summed E-state index contributed by atoms with van der Waals surface area (Å²) >= 11 is 6.01. The van der Waals surface area contributed by atoms with Crippen molar-refractivity contribution in [3.63, 3.8) is 0 Å². The van der Waals surface area contributed by atoms with Crippen molar-refractivity contribution in [3.05, 3.63) is 64.2 Å². The molecule has 0 saturated heterocycles. The highest BCUT2D eigenvalue weighted by Gasteiger charge is 2.30. The van der Waals surface area contributed by atoms with E-state index < -0.39 is 16.1 Å². The molecule has 0 unspecified atom stereocenters. The van der Waals surface area contributed by atoms with Gasteiger partial charge in [-0.15, -0.1) is 0 Å². The molecule has 1 aliphatic rings. The van der Waals surface area contributed by atoms with E-state index in [1.807, 2.05) is 13.0 Å². The molecule has 2 atom stereocenters. The molecule has 0 aromatic heterocycles. The quantitative estimate of drug-likeness (QED) is 0.771. The van der Waals surface area contributed by atoms with Crippen LogP contribution in [0.5, 0.6) is 0 Å². The lowest BCUT2D eigenvalue weighted by Gasteiger charge is -2.29. The molecule has 1 aliphatic carbocycles. The summed E-state index contributed by atoms with van der Waals surface area (Å²) in [6.45, 7) is 3.48. The summed E-state index contributed by atoms with van der Waals surface area (Å²) < 4.78 is 25.9. The van der Waals surface area contributed by atoms with Gasteiger partial charge in [0.1, 0.15) is 6.04 Å². The zero-order valence-corrected chi connectivity index (χ0v) is 17.8. The number of nitrogens with one attached hydrogen (secondary N) is 1. The van der Waals surface area contributed by atoms with Crippen LogP contribution >= 0.6 is 11.6 Å². The van der Waals surface area contributed by atoms with Gasteiger partial charge in [-0.1, -0.05) is 35.9 Å². The second-order valence-corrected chi connectivity index (χ2v) is 9.62. The molecule has 1 amide bonds. The third-order valence-corrected chi connectivity index (χ3v) is 6.61. The average molecular weight is 421 g/mol. The van der Waals surface area contributed by atoms with Crippen molar-refractivity contribution >= 4 is 33.2 Å². The first-order valence-electron chi connectivity index (χ1n) is 9.34. The number of amides is 1. The molecule has 0 bridgehead atoms. The van der Waals surface area contributed by atoms with E-state index in [0.717, 1.165) is 29.0 Å². The van der Waals surface area contributed by atoms with E-state index in [1.54, 1.807) is 25.1 Å². The van der Waals surface area contributed by atoms with Gasteiger partial charge in [-0.25, -0.2) is 8.42 Å². The minimum Gasteiger partial charge on any atom is -0.348 e. The molecule has 5 nitrogen and oxygen atoms in total. The Morgan fingerprint density at radius 2 is 1.82 bits per heavy atom. The smallest absolute Gasteiger partial charge is 0.244 e. The number of carbonyl (C=O) groups is 1. The monoisotopic (exact) mass is 420 g/mol. The first-order chi connectivity index (χ1) is 13.2. The number of sulfonamides is 1. The topological polar surface area (TPSA) is 66.5 Å². The Labute approximate surface area is 171 Å². The first kappa shape index (κ1) is 20.7. The Kier molecular flexibility index (Phi) is 6.01. The summed E-state index contributed by atoms with van der Waals surface area (Å²) in [6.07, 6.45) is 4.42. The zero-order chi connectivity index (χ0) is 20.5. The van der Waals surface area contributed by atoms with Crippen LogP contribution in [0.15, 0.2) is 42.5 Å². The molecular formula is C21H25ClN2O3S. The SMILES string of the molecule is C[C@H](NC(=O)[C@@H](C)N(c1cccc(Cl)c1)S(C)(=O)=O)c1ccc2c(c1)CCC2. The van der Waals surface area contributed by atoms with Crippen LogP contribution in [0.3, 0.4) is 0 Å². The molecule has 28 heavy (non-hydrogen) atoms. The highest BCUT2D eigenvalue weighted by molar-refractivity contribution is 7.92. The summed E-state index contributed by atoms with van der Waals surface area (Å²) in [6, 6.07) is 11.6. The van der Waals surface area contributed by atoms with Crippen LogP contribution in [0, 0.1) is 0 Å². The number of benzene rings is 2. The number of hydrogen-bond donors (Lipinski definition) is 1. The zero-order valence-electron chi connectivity index (χ0n) is 16.3. The highest BCUT2D eigenvalue weighted by Crippen LogP contribution is 2.27. The molecule has 0 heterocycles. The lowest BCUT2D eigenvalue weighted by molar-refractivity contribution is -0.122. The summed E-state index contributed by atoms with van der Waals surface area (Å²) in [4.78, 5) is 12.9. The second kappa shape index (κ2) is 8.13. The average Bonchev–Trinajstić information content (AvgIpc) is 3.08. The van der Waals surface area contributed by atoms with Gasteiger partial charge in [-0.05, 0) is 68.0 Å². The van der Waals surface area contributed by atoms with E-state index in [1.165, 1.54) is 23.6 Å². The Bertz CT molecular complexity index is 991. The molecule has 2 aromatic rings. The van der Waals surface area contributed by atoms with Gasteiger partial charge in [0.2, 0.25) is 15.9 Å². The second-order valence-electron chi connectivity index (χ2n) is 7.33. The lowest BCUT2D eigenvalue weighted by Crippen LogP contribution is -2.48. The van der Waals surface area contributed by atoms with Gasteiger partial charge in [0.15, 0.2) is 0 Å². The van der Waals surface area contributed by atoms with E-state index in [4.69, 9.17) is 11.6 Å². The number of nitrogens with zero attached hydrogens (tertiary/aromatic N) is 1. The molecule has 0 radical (unpaired) electrons. The normalized spacial score (nSPS) is 15.6. The molecule has 1 N–H and O–H groups in total. The number of anilines is 1. The predicted octanol–water partition coefficient (Wildman–Crippen LogP) is 3.86. The van der Waals surface area contributed by atoms with Crippen LogP contribution in [0.4, 0.5) is 5.69 Å². The van der Waals surface area contributed by atoms with Gasteiger partial charge in [0.05, 0.1) is 18.0 Å². The van der Waals surface area contributed by atoms with Crippen LogP contribution in [0.2, 0.25) is 5.02 Å². The van der Waals surface area contributed by atoms with Crippen LogP contribution in [-0.2, 0) is 27.7 Å². The van der Waals surface area contributed by atoms with Gasteiger partial charge in [-0.2, -0.15) is 0 Å². The molecule has 3 rings (SSSR count). The van der Waals surface area contributed by atoms with Gasteiger partial charge < -0.3 is 5.32 Å². The van der Waals surface area contributed by atoms with Gasteiger partial charge in [-0.3, -0.25) is 9.10 Å². The standard InChI is InChI=1S/C21H25ClN2O3S/c1-14(17-11-10-16-6-4-7-18(16)12-17)23-21(25)15(2)24(28(3,26)27)20-9-5-8-19(22)13-20/h5,8-15H,4,6-7H2,1-3H3,(H,23,25)/t14-,15+/m0/s1. The van der Waals surface area contributed by atoms with Crippen molar-refractivity contribution in [2.24, 2.45) is 0 Å². The number of rotatable bonds is 6. The van der Waals surface area contributed by atoms with Gasteiger partial charge >= 0.3 is 0 Å². The van der Waals surface area contributed by atoms with Crippen molar-refractivity contribution in [2.75, 3.05) is 10.6 Å². The molecular weight excluding hydrogens is 396 g/mol. The summed E-state index contributed by atoms with van der Waals surface area (Å²) in [5.74, 6) is -0.363. The highest BCUT2D eigenvalue weighted by atomic mass is 35.5. The molecule has 2 aromatic carbocycles. The Hall–Kier alpha value is -2.05. The summed E-state index contributed by atoms with van der Waals surface area (Å²) in [7, 11) is -3.67. The van der Waals surface area contributed by atoms with Crippen LogP contribution in [-0.4, -0.2) is 26.6 Å². The summed E-state index contributed by atoms with van der Waals surface area (Å²) in [5.41, 5.74) is 4.10. The maximum Gasteiger partial charge on any atom is 0.244 e. The fourth-order valence-corrected chi connectivity index (χ4v) is 5.05. The Morgan fingerprint density at radius 3 is 2.50 bits per heavy atom. The molecule has 7 heteroatoms. The molecule has 0 spiro atoms. The van der Waals surface area contributed by atoms with Crippen molar-refractivity contribution < 1.29 is 13.2 Å². The van der Waals surface area contributed by atoms with E-state index in [0.29, 0.717) is 10.7 Å². The predicted molar refractivity (Wildman–Crippen MR) is 113 cm³/mol. The summed E-state index contributed by atoms with van der Waals surface area (Å²) in [5, 5.41) is 3.35. The Morgan fingerprint density at radius 1 is 1.11 bits per heavy atom. The number of carbonyl (C=O) groups excluding carboxylic acids is 1. The number of aryl methyl sites for hydroxylation is 2. The van der Waals surface area contributed by atoms with Crippen molar-refractivity contribution in [1.29, 1.82) is 0 Å². The fraction of sp³-hybridized carbons (Fsp3) is 0.381. The van der Waals surface area contributed by atoms with Crippen LogP contribution in [0.25, 0.3) is 0 Å². The molecule has 0 aliphatic heterocycles. The minimum absolute atomic E-state index is 0.221. The third-order valence-electron chi connectivity index (χ3n) is 5.13. The van der Waals surface area contributed by atoms with Crippen LogP contribution in [0.1, 0.15) is 43.0 Å². The largest absolute Gasteiger partial charge is 0.348 e. The number of fused-ring (bicyclic) bond motifs is 1. The van der Waals surface area contributed by atoms with Gasteiger partial charge in [0.25, 0.3) is 0 Å². The van der Waals surface area contributed by atoms with Crippen molar-refractivity contribution in [2.45, 2.75) is 45.2 Å². The fourth-order valence-electron chi connectivity index (χ4n) is 3.70. The third kappa shape index (κ3) is 4.50. The van der Waals surface area contributed by atoms with Gasteiger partial charge in [0, 0.05) is 5.02 Å². The van der Waals surface area contributed by atoms with E-state index in [2.05, 4.69) is 17.4 Å². The van der Waals surface area contributed by atoms with E-state index in [-0.39, 0.29) is 11.9 Å². The van der Waals surface area contributed by atoms with Crippen LogP contribution < -0.4 is 9.62 Å². The van der Waals surface area contributed by atoms with Crippen molar-refractivity contribution in [1.82, 2.24) is 5.32 Å².